The highest BCUT2D eigenvalue weighted by Crippen LogP contribution is 2.34. The van der Waals surface area contributed by atoms with Gasteiger partial charge in [-0.15, -0.1) is 0 Å². The molecule has 0 saturated heterocycles. The second-order valence-corrected chi connectivity index (χ2v) is 5.52. The third-order valence-corrected chi connectivity index (χ3v) is 3.56. The van der Waals surface area contributed by atoms with Crippen LogP contribution in [0.1, 0.15) is 43.7 Å². The van der Waals surface area contributed by atoms with Gasteiger partial charge in [-0.3, -0.25) is 0 Å². The van der Waals surface area contributed by atoms with Gasteiger partial charge in [0.2, 0.25) is 0 Å². The van der Waals surface area contributed by atoms with Crippen LogP contribution in [0.3, 0.4) is 0 Å². The molecule has 1 atom stereocenters. The Morgan fingerprint density at radius 3 is 2.82 bits per heavy atom. The summed E-state index contributed by atoms with van der Waals surface area (Å²) in [5.41, 5.74) is 2.86. The van der Waals surface area contributed by atoms with Crippen LogP contribution in [0.4, 0.5) is 0 Å². The summed E-state index contributed by atoms with van der Waals surface area (Å²) in [6, 6.07) is 9.63. The van der Waals surface area contributed by atoms with Crippen molar-refractivity contribution in [1.82, 2.24) is 5.32 Å². The fourth-order valence-electron chi connectivity index (χ4n) is 2.47. The molecule has 0 radical (unpaired) electrons. The minimum Gasteiger partial charge on any atom is -0.314 e. The van der Waals surface area contributed by atoms with E-state index in [1.165, 1.54) is 43.2 Å². The highest BCUT2D eigenvalue weighted by atomic mass is 14.9. The standard InChI is InChI=1S/C16H25N/c1-3-9-17-16(11-14-7-8-14)12-15-6-4-5-13(2)10-15/h4-6,10,14,16-17H,3,7-9,11-12H2,1-2H3. The maximum atomic E-state index is 3.71. The fourth-order valence-corrected chi connectivity index (χ4v) is 2.47. The van der Waals surface area contributed by atoms with Gasteiger partial charge in [0, 0.05) is 6.04 Å². The highest BCUT2D eigenvalue weighted by molar-refractivity contribution is 5.23. The number of nitrogens with one attached hydrogen (secondary N) is 1. The molecule has 1 heteroatoms. The second-order valence-electron chi connectivity index (χ2n) is 5.52. The van der Waals surface area contributed by atoms with Crippen molar-refractivity contribution in [3.8, 4) is 0 Å². The van der Waals surface area contributed by atoms with Crippen LogP contribution in [0.5, 0.6) is 0 Å². The Morgan fingerprint density at radius 1 is 1.35 bits per heavy atom. The van der Waals surface area contributed by atoms with Crippen LogP contribution in [-0.4, -0.2) is 12.6 Å². The molecule has 0 bridgehead atoms. The Hall–Kier alpha value is -0.820. The molecule has 1 saturated carbocycles. The van der Waals surface area contributed by atoms with Crippen molar-refractivity contribution < 1.29 is 0 Å². The number of aryl methyl sites for hydroxylation is 1. The molecule has 94 valence electrons. The Labute approximate surface area is 106 Å². The molecule has 0 heterocycles. The van der Waals surface area contributed by atoms with Crippen LogP contribution in [0.25, 0.3) is 0 Å². The van der Waals surface area contributed by atoms with Crippen LogP contribution in [-0.2, 0) is 6.42 Å². The van der Waals surface area contributed by atoms with Gasteiger partial charge in [0.15, 0.2) is 0 Å². The molecule has 17 heavy (non-hydrogen) atoms. The third kappa shape index (κ3) is 4.51. The van der Waals surface area contributed by atoms with Gasteiger partial charge in [0.1, 0.15) is 0 Å². The predicted molar refractivity (Wildman–Crippen MR) is 74.3 cm³/mol. The molecule has 1 fully saturated rings. The van der Waals surface area contributed by atoms with Crippen molar-refractivity contribution in [3.05, 3.63) is 35.4 Å². The number of hydrogen-bond acceptors (Lipinski definition) is 1. The lowest BCUT2D eigenvalue weighted by molar-refractivity contribution is 0.455. The second kappa shape index (κ2) is 6.20. The van der Waals surface area contributed by atoms with Gasteiger partial charge >= 0.3 is 0 Å². The summed E-state index contributed by atoms with van der Waals surface area (Å²) in [6.45, 7) is 5.58. The van der Waals surface area contributed by atoms with E-state index in [-0.39, 0.29) is 0 Å². The zero-order chi connectivity index (χ0) is 12.1. The smallest absolute Gasteiger partial charge is 0.0110 e. The van der Waals surface area contributed by atoms with E-state index in [1.807, 2.05) is 0 Å². The molecule has 1 N–H and O–H groups in total. The van der Waals surface area contributed by atoms with Crippen molar-refractivity contribution in [2.24, 2.45) is 5.92 Å². The van der Waals surface area contributed by atoms with E-state index >= 15 is 0 Å². The third-order valence-electron chi connectivity index (χ3n) is 3.56. The predicted octanol–water partition coefficient (Wildman–Crippen LogP) is 3.71. The van der Waals surface area contributed by atoms with Crippen LogP contribution >= 0.6 is 0 Å². The lowest BCUT2D eigenvalue weighted by Gasteiger charge is -2.18. The zero-order valence-corrected chi connectivity index (χ0v) is 11.2. The molecule has 1 aromatic carbocycles. The van der Waals surface area contributed by atoms with Crippen LogP contribution in [0.15, 0.2) is 24.3 Å². The maximum Gasteiger partial charge on any atom is 0.0110 e. The Bertz CT molecular complexity index is 341. The van der Waals surface area contributed by atoms with Crippen molar-refractivity contribution in [2.75, 3.05) is 6.54 Å². The van der Waals surface area contributed by atoms with E-state index in [0.29, 0.717) is 6.04 Å². The normalized spacial score (nSPS) is 17.1. The maximum absolute atomic E-state index is 3.71. The van der Waals surface area contributed by atoms with E-state index in [4.69, 9.17) is 0 Å². The lowest BCUT2D eigenvalue weighted by Crippen LogP contribution is -2.32. The molecule has 1 aliphatic rings. The summed E-state index contributed by atoms with van der Waals surface area (Å²) < 4.78 is 0. The fraction of sp³-hybridized carbons (Fsp3) is 0.625. The van der Waals surface area contributed by atoms with Crippen molar-refractivity contribution in [3.63, 3.8) is 0 Å². The van der Waals surface area contributed by atoms with E-state index < -0.39 is 0 Å². The molecule has 0 aromatic heterocycles. The first-order valence-electron chi connectivity index (χ1n) is 7.07. The van der Waals surface area contributed by atoms with Crippen molar-refractivity contribution in [1.29, 1.82) is 0 Å². The first kappa shape index (κ1) is 12.6. The van der Waals surface area contributed by atoms with Gasteiger partial charge in [-0.1, -0.05) is 49.6 Å². The van der Waals surface area contributed by atoms with Gasteiger partial charge in [0.05, 0.1) is 0 Å². The van der Waals surface area contributed by atoms with E-state index in [9.17, 15) is 0 Å². The Kier molecular flexibility index (Phi) is 4.61. The molecule has 0 spiro atoms. The van der Waals surface area contributed by atoms with Crippen molar-refractivity contribution >= 4 is 0 Å². The Balaban J connectivity index is 1.90. The molecule has 1 aliphatic carbocycles. The molecule has 0 aliphatic heterocycles. The SMILES string of the molecule is CCCNC(Cc1cccc(C)c1)CC1CC1. The summed E-state index contributed by atoms with van der Waals surface area (Å²) in [7, 11) is 0. The van der Waals surface area contributed by atoms with Gasteiger partial charge in [-0.2, -0.15) is 0 Å². The minimum absolute atomic E-state index is 0.684. The number of hydrogen-bond donors (Lipinski definition) is 1. The minimum atomic E-state index is 0.684. The summed E-state index contributed by atoms with van der Waals surface area (Å²) in [4.78, 5) is 0. The number of benzene rings is 1. The molecular formula is C16H25N. The quantitative estimate of drug-likeness (QED) is 0.754. The first-order chi connectivity index (χ1) is 8.28. The molecule has 2 rings (SSSR count). The summed E-state index contributed by atoms with van der Waals surface area (Å²) in [6.07, 6.45) is 6.71. The summed E-state index contributed by atoms with van der Waals surface area (Å²) in [5.74, 6) is 1.01. The van der Waals surface area contributed by atoms with E-state index in [1.54, 1.807) is 0 Å². The van der Waals surface area contributed by atoms with Gasteiger partial charge in [-0.05, 0) is 44.2 Å². The topological polar surface area (TPSA) is 12.0 Å². The monoisotopic (exact) mass is 231 g/mol. The Morgan fingerprint density at radius 2 is 2.18 bits per heavy atom. The van der Waals surface area contributed by atoms with Crippen LogP contribution in [0, 0.1) is 12.8 Å². The molecular weight excluding hydrogens is 206 g/mol. The van der Waals surface area contributed by atoms with Crippen LogP contribution in [0.2, 0.25) is 0 Å². The average molecular weight is 231 g/mol. The van der Waals surface area contributed by atoms with Crippen molar-refractivity contribution in [2.45, 2.75) is 52.0 Å². The van der Waals surface area contributed by atoms with Gasteiger partial charge in [0.25, 0.3) is 0 Å². The lowest BCUT2D eigenvalue weighted by atomic mass is 9.99. The van der Waals surface area contributed by atoms with Crippen LogP contribution < -0.4 is 5.32 Å². The number of rotatable bonds is 7. The zero-order valence-electron chi connectivity index (χ0n) is 11.2. The average Bonchev–Trinajstić information content (AvgIpc) is 3.10. The summed E-state index contributed by atoms with van der Waals surface area (Å²) >= 11 is 0. The largest absolute Gasteiger partial charge is 0.314 e. The van der Waals surface area contributed by atoms with Gasteiger partial charge < -0.3 is 5.32 Å². The molecule has 0 amide bonds. The van der Waals surface area contributed by atoms with E-state index in [0.717, 1.165) is 12.5 Å². The molecule has 1 unspecified atom stereocenters. The highest BCUT2D eigenvalue weighted by Gasteiger charge is 2.25. The first-order valence-corrected chi connectivity index (χ1v) is 7.07. The van der Waals surface area contributed by atoms with Gasteiger partial charge in [-0.25, -0.2) is 0 Å². The summed E-state index contributed by atoms with van der Waals surface area (Å²) in [5, 5.41) is 3.71. The van der Waals surface area contributed by atoms with E-state index in [2.05, 4.69) is 43.4 Å². The molecule has 1 aromatic rings. The molecule has 1 nitrogen and oxygen atoms in total.